The average molecular weight is 310 g/mol. The summed E-state index contributed by atoms with van der Waals surface area (Å²) in [5.41, 5.74) is -0.155. The summed E-state index contributed by atoms with van der Waals surface area (Å²) in [4.78, 5) is 20.5. The Labute approximate surface area is 124 Å². The quantitative estimate of drug-likeness (QED) is 0.877. The third kappa shape index (κ3) is 2.35. The minimum absolute atomic E-state index is 0.155. The van der Waals surface area contributed by atoms with Crippen LogP contribution in [0.5, 0.6) is 0 Å². The van der Waals surface area contributed by atoms with E-state index in [1.807, 2.05) is 0 Å². The highest BCUT2D eigenvalue weighted by Gasteiger charge is 2.30. The van der Waals surface area contributed by atoms with Gasteiger partial charge in [0.15, 0.2) is 5.16 Å². The molecule has 0 aliphatic heterocycles. The molecule has 20 heavy (non-hydrogen) atoms. The molecule has 0 spiro atoms. The summed E-state index contributed by atoms with van der Waals surface area (Å²) in [6.07, 6.45) is 4.31. The molecule has 2 heterocycles. The lowest BCUT2D eigenvalue weighted by Crippen LogP contribution is -2.16. The van der Waals surface area contributed by atoms with Gasteiger partial charge in [-0.15, -0.1) is 5.10 Å². The van der Waals surface area contributed by atoms with E-state index in [2.05, 4.69) is 20.2 Å². The minimum atomic E-state index is -0.155. The molecular weight excluding hydrogens is 298 g/mol. The Morgan fingerprint density at radius 1 is 1.30 bits per heavy atom. The first-order chi connectivity index (χ1) is 9.70. The fraction of sp³-hybridized carbons (Fsp3) is 0.500. The van der Waals surface area contributed by atoms with Crippen molar-refractivity contribution in [1.29, 1.82) is 0 Å². The first-order valence-corrected chi connectivity index (χ1v) is 7.79. The van der Waals surface area contributed by atoms with Crippen LogP contribution in [0, 0.1) is 0 Å². The molecule has 0 bridgehead atoms. The van der Waals surface area contributed by atoms with Crippen molar-refractivity contribution in [3.63, 3.8) is 0 Å². The van der Waals surface area contributed by atoms with Gasteiger partial charge in [-0.05, 0) is 37.4 Å². The normalized spacial score (nSPS) is 18.4. The maximum Gasteiger partial charge on any atom is 0.344 e. The second-order valence-electron chi connectivity index (χ2n) is 5.18. The molecular formula is C12H12ClN5OS. The maximum absolute atomic E-state index is 11.7. The lowest BCUT2D eigenvalue weighted by Gasteiger charge is -2.05. The first kappa shape index (κ1) is 12.4. The lowest BCUT2D eigenvalue weighted by molar-refractivity contribution is 0.642. The highest BCUT2D eigenvalue weighted by atomic mass is 35.5. The SMILES string of the molecule is O=c1[nH]nc(Sc2cc(Cl)nc(C3CC3)n2)n1C1CC1. The van der Waals surface area contributed by atoms with Gasteiger partial charge < -0.3 is 0 Å². The van der Waals surface area contributed by atoms with Gasteiger partial charge in [-0.1, -0.05) is 11.6 Å². The second-order valence-corrected chi connectivity index (χ2v) is 6.55. The minimum Gasteiger partial charge on any atom is -0.267 e. The van der Waals surface area contributed by atoms with Crippen LogP contribution in [0.25, 0.3) is 0 Å². The fourth-order valence-electron chi connectivity index (χ4n) is 2.10. The summed E-state index contributed by atoms with van der Waals surface area (Å²) < 4.78 is 1.71. The van der Waals surface area contributed by atoms with E-state index in [0.29, 0.717) is 16.2 Å². The number of nitrogens with zero attached hydrogens (tertiary/aromatic N) is 4. The molecule has 2 aliphatic carbocycles. The van der Waals surface area contributed by atoms with Crippen LogP contribution >= 0.6 is 23.4 Å². The van der Waals surface area contributed by atoms with Crippen molar-refractivity contribution >= 4 is 23.4 Å². The molecule has 0 radical (unpaired) electrons. The Kier molecular flexibility index (Phi) is 2.85. The second kappa shape index (κ2) is 4.60. The Hall–Kier alpha value is -1.34. The predicted octanol–water partition coefficient (Wildman–Crippen LogP) is 2.38. The Balaban J connectivity index is 1.67. The zero-order valence-electron chi connectivity index (χ0n) is 10.5. The number of halogens is 1. The van der Waals surface area contributed by atoms with Crippen molar-refractivity contribution in [2.24, 2.45) is 0 Å². The zero-order chi connectivity index (χ0) is 13.7. The zero-order valence-corrected chi connectivity index (χ0v) is 12.1. The first-order valence-electron chi connectivity index (χ1n) is 6.60. The molecule has 2 aliphatic rings. The van der Waals surface area contributed by atoms with Gasteiger partial charge >= 0.3 is 5.69 Å². The topological polar surface area (TPSA) is 76.5 Å². The van der Waals surface area contributed by atoms with E-state index in [1.54, 1.807) is 10.6 Å². The van der Waals surface area contributed by atoms with Crippen LogP contribution in [0.3, 0.4) is 0 Å². The van der Waals surface area contributed by atoms with E-state index in [9.17, 15) is 4.79 Å². The summed E-state index contributed by atoms with van der Waals surface area (Å²) >= 11 is 7.41. The predicted molar refractivity (Wildman–Crippen MR) is 74.3 cm³/mol. The number of hydrogen-bond donors (Lipinski definition) is 1. The number of aromatic amines is 1. The van der Waals surface area contributed by atoms with E-state index >= 15 is 0 Å². The van der Waals surface area contributed by atoms with Crippen LogP contribution in [0.4, 0.5) is 0 Å². The van der Waals surface area contributed by atoms with Gasteiger partial charge in [0.2, 0.25) is 0 Å². The van der Waals surface area contributed by atoms with Crippen molar-refractivity contribution < 1.29 is 0 Å². The summed E-state index contributed by atoms with van der Waals surface area (Å²) in [6.45, 7) is 0. The third-order valence-electron chi connectivity index (χ3n) is 3.41. The monoisotopic (exact) mass is 309 g/mol. The molecule has 2 aromatic rings. The molecule has 0 aromatic carbocycles. The Morgan fingerprint density at radius 3 is 2.80 bits per heavy atom. The number of rotatable bonds is 4. The van der Waals surface area contributed by atoms with E-state index in [0.717, 1.165) is 36.5 Å². The summed E-state index contributed by atoms with van der Waals surface area (Å²) in [5.74, 6) is 1.24. The standard InChI is InChI=1S/C12H12ClN5OS/c13-8-5-9(15-10(14-8)6-1-2-6)20-12-17-16-11(19)18(12)7-3-4-7/h5-7H,1-4H2,(H,16,19). The van der Waals surface area contributed by atoms with Gasteiger partial charge in [0.05, 0.1) is 0 Å². The summed E-state index contributed by atoms with van der Waals surface area (Å²) in [6, 6.07) is 2.00. The molecule has 104 valence electrons. The average Bonchev–Trinajstić information content (AvgIpc) is 3.30. The van der Waals surface area contributed by atoms with E-state index < -0.39 is 0 Å². The lowest BCUT2D eigenvalue weighted by atomic mass is 10.4. The molecule has 6 nitrogen and oxygen atoms in total. The Bertz CT molecular complexity index is 719. The van der Waals surface area contributed by atoms with Gasteiger partial charge in [0.25, 0.3) is 0 Å². The van der Waals surface area contributed by atoms with Crippen LogP contribution < -0.4 is 5.69 Å². The van der Waals surface area contributed by atoms with Crippen LogP contribution in [-0.2, 0) is 0 Å². The number of aromatic nitrogens is 5. The Morgan fingerprint density at radius 2 is 2.10 bits per heavy atom. The van der Waals surface area contributed by atoms with Crippen molar-refractivity contribution in [3.05, 3.63) is 27.5 Å². The number of hydrogen-bond acceptors (Lipinski definition) is 5. The van der Waals surface area contributed by atoms with Crippen LogP contribution in [0.2, 0.25) is 5.15 Å². The van der Waals surface area contributed by atoms with Crippen molar-refractivity contribution in [1.82, 2.24) is 24.7 Å². The smallest absolute Gasteiger partial charge is 0.267 e. The summed E-state index contributed by atoms with van der Waals surface area (Å²) in [7, 11) is 0. The van der Waals surface area contributed by atoms with E-state index in [1.165, 1.54) is 11.8 Å². The van der Waals surface area contributed by atoms with Gasteiger partial charge in [-0.25, -0.2) is 19.9 Å². The molecule has 0 amide bonds. The van der Waals surface area contributed by atoms with Crippen LogP contribution in [-0.4, -0.2) is 24.7 Å². The van der Waals surface area contributed by atoms with Crippen LogP contribution in [0.1, 0.15) is 43.5 Å². The largest absolute Gasteiger partial charge is 0.344 e. The highest BCUT2D eigenvalue weighted by Crippen LogP contribution is 2.40. The van der Waals surface area contributed by atoms with Crippen molar-refractivity contribution in [3.8, 4) is 0 Å². The van der Waals surface area contributed by atoms with Gasteiger partial charge in [-0.3, -0.25) is 4.57 Å². The van der Waals surface area contributed by atoms with Crippen molar-refractivity contribution in [2.75, 3.05) is 0 Å². The molecule has 2 fully saturated rings. The van der Waals surface area contributed by atoms with E-state index in [4.69, 9.17) is 11.6 Å². The highest BCUT2D eigenvalue weighted by molar-refractivity contribution is 7.99. The number of H-pyrrole nitrogens is 1. The molecule has 2 aromatic heterocycles. The molecule has 4 rings (SSSR count). The molecule has 8 heteroatoms. The molecule has 2 saturated carbocycles. The van der Waals surface area contributed by atoms with Gasteiger partial charge in [0, 0.05) is 18.0 Å². The fourth-order valence-corrected chi connectivity index (χ4v) is 3.27. The maximum atomic E-state index is 11.7. The molecule has 1 N–H and O–H groups in total. The van der Waals surface area contributed by atoms with Gasteiger partial charge in [-0.2, -0.15) is 0 Å². The number of nitrogens with one attached hydrogen (secondary N) is 1. The summed E-state index contributed by atoms with van der Waals surface area (Å²) in [5, 5.41) is 8.42. The molecule has 0 saturated heterocycles. The van der Waals surface area contributed by atoms with Crippen LogP contribution in [0.15, 0.2) is 21.0 Å². The third-order valence-corrected chi connectivity index (χ3v) is 4.49. The van der Waals surface area contributed by atoms with Gasteiger partial charge in [0.1, 0.15) is 16.0 Å². The van der Waals surface area contributed by atoms with Crippen molar-refractivity contribution in [2.45, 2.75) is 47.8 Å². The molecule has 0 unspecified atom stereocenters. The van der Waals surface area contributed by atoms with E-state index in [-0.39, 0.29) is 11.7 Å². The molecule has 0 atom stereocenters.